The summed E-state index contributed by atoms with van der Waals surface area (Å²) in [4.78, 5) is 3.85. The van der Waals surface area contributed by atoms with Crippen molar-refractivity contribution in [1.29, 1.82) is 0 Å². The Morgan fingerprint density at radius 2 is 2.20 bits per heavy atom. The molecule has 0 aliphatic rings. The maximum Gasteiger partial charge on any atom is 0.129 e. The second-order valence-electron chi connectivity index (χ2n) is 3.30. The van der Waals surface area contributed by atoms with Crippen molar-refractivity contribution in [3.63, 3.8) is 0 Å². The molecule has 0 aliphatic heterocycles. The number of aliphatic hydroxyl groups excluding tert-OH is 1. The fraction of sp³-hybridized carbons (Fsp3) is 0.182. The fourth-order valence-electron chi connectivity index (χ4n) is 1.44. The Labute approximate surface area is 86.8 Å². The zero-order chi connectivity index (χ0) is 10.7. The highest BCUT2D eigenvalue weighted by atomic mass is 19.1. The van der Waals surface area contributed by atoms with Gasteiger partial charge in [0.15, 0.2) is 0 Å². The van der Waals surface area contributed by atoms with E-state index in [2.05, 4.69) is 4.98 Å². The number of hydrogen-bond donors (Lipinski definition) is 1. The third kappa shape index (κ3) is 2.22. The summed E-state index contributed by atoms with van der Waals surface area (Å²) < 4.78 is 15.0. The second kappa shape index (κ2) is 4.23. The van der Waals surface area contributed by atoms with Gasteiger partial charge >= 0.3 is 0 Å². The van der Waals surface area contributed by atoms with Gasteiger partial charge in [0.2, 0.25) is 0 Å². The van der Waals surface area contributed by atoms with Crippen molar-refractivity contribution in [3.05, 3.63) is 54.4 Å². The van der Waals surface area contributed by atoms with E-state index in [1.165, 1.54) is 6.07 Å². The van der Waals surface area contributed by atoms with E-state index in [1.54, 1.807) is 41.5 Å². The highest BCUT2D eigenvalue weighted by Crippen LogP contribution is 2.17. The van der Waals surface area contributed by atoms with Crippen LogP contribution in [0.1, 0.15) is 11.7 Å². The summed E-state index contributed by atoms with van der Waals surface area (Å²) in [6, 6.07) is 6.22. The first kappa shape index (κ1) is 9.86. The van der Waals surface area contributed by atoms with Gasteiger partial charge in [0.1, 0.15) is 5.82 Å². The number of aromatic nitrogens is 2. The van der Waals surface area contributed by atoms with Gasteiger partial charge in [-0.1, -0.05) is 18.2 Å². The highest BCUT2D eigenvalue weighted by Gasteiger charge is 2.11. The van der Waals surface area contributed by atoms with E-state index in [4.69, 9.17) is 0 Å². The third-order valence-electron chi connectivity index (χ3n) is 2.21. The van der Waals surface area contributed by atoms with Gasteiger partial charge in [0, 0.05) is 18.0 Å². The van der Waals surface area contributed by atoms with Crippen LogP contribution in [0.25, 0.3) is 0 Å². The van der Waals surface area contributed by atoms with Gasteiger partial charge < -0.3 is 9.67 Å². The van der Waals surface area contributed by atoms with Crippen LogP contribution in [0.4, 0.5) is 4.39 Å². The predicted molar refractivity (Wildman–Crippen MR) is 53.6 cm³/mol. The Morgan fingerprint density at radius 3 is 2.87 bits per heavy atom. The lowest BCUT2D eigenvalue weighted by Crippen LogP contribution is -2.08. The number of halogens is 1. The third-order valence-corrected chi connectivity index (χ3v) is 2.21. The van der Waals surface area contributed by atoms with Crippen molar-refractivity contribution in [3.8, 4) is 0 Å². The lowest BCUT2D eigenvalue weighted by molar-refractivity contribution is 0.152. The van der Waals surface area contributed by atoms with E-state index in [0.29, 0.717) is 12.1 Å². The molecule has 3 nitrogen and oxygen atoms in total. The number of imidazole rings is 1. The van der Waals surface area contributed by atoms with Crippen molar-refractivity contribution < 1.29 is 9.50 Å². The summed E-state index contributed by atoms with van der Waals surface area (Å²) in [5, 5.41) is 9.78. The molecule has 1 atom stereocenters. The van der Waals surface area contributed by atoms with Crippen LogP contribution < -0.4 is 0 Å². The van der Waals surface area contributed by atoms with E-state index < -0.39 is 6.10 Å². The molecule has 4 heteroatoms. The topological polar surface area (TPSA) is 38.0 Å². The lowest BCUT2D eigenvalue weighted by atomic mass is 10.1. The Kier molecular flexibility index (Phi) is 2.78. The molecule has 1 aromatic heterocycles. The minimum atomic E-state index is -0.847. The van der Waals surface area contributed by atoms with Crippen molar-refractivity contribution in [2.75, 3.05) is 0 Å². The molecule has 0 bridgehead atoms. The highest BCUT2D eigenvalue weighted by molar-refractivity contribution is 5.19. The smallest absolute Gasteiger partial charge is 0.129 e. The van der Waals surface area contributed by atoms with Crippen molar-refractivity contribution >= 4 is 0 Å². The van der Waals surface area contributed by atoms with Gasteiger partial charge in [-0.05, 0) is 6.07 Å². The summed E-state index contributed by atoms with van der Waals surface area (Å²) in [5.41, 5.74) is 0.311. The van der Waals surface area contributed by atoms with Crippen LogP contribution in [0.3, 0.4) is 0 Å². The molecule has 0 unspecified atom stereocenters. The number of hydrogen-bond acceptors (Lipinski definition) is 2. The summed E-state index contributed by atoms with van der Waals surface area (Å²) in [6.45, 7) is 0.306. The van der Waals surface area contributed by atoms with Crippen LogP contribution in [-0.2, 0) is 6.54 Å². The van der Waals surface area contributed by atoms with E-state index in [9.17, 15) is 9.50 Å². The maximum absolute atomic E-state index is 13.3. The normalized spacial score (nSPS) is 12.7. The molecular weight excluding hydrogens is 195 g/mol. The van der Waals surface area contributed by atoms with E-state index in [0.717, 1.165) is 0 Å². The molecule has 2 rings (SSSR count). The summed E-state index contributed by atoms with van der Waals surface area (Å²) in [5.74, 6) is -0.384. The maximum atomic E-state index is 13.3. The first-order chi connectivity index (χ1) is 7.27. The molecule has 78 valence electrons. The number of rotatable bonds is 3. The van der Waals surface area contributed by atoms with Crippen molar-refractivity contribution in [1.82, 2.24) is 9.55 Å². The molecule has 0 radical (unpaired) electrons. The fourth-order valence-corrected chi connectivity index (χ4v) is 1.44. The van der Waals surface area contributed by atoms with Gasteiger partial charge in [-0.3, -0.25) is 0 Å². The largest absolute Gasteiger partial charge is 0.386 e. The van der Waals surface area contributed by atoms with Gasteiger partial charge in [-0.25, -0.2) is 9.37 Å². The molecule has 1 heterocycles. The second-order valence-corrected chi connectivity index (χ2v) is 3.30. The molecule has 0 amide bonds. The van der Waals surface area contributed by atoms with E-state index in [1.807, 2.05) is 0 Å². The van der Waals surface area contributed by atoms with Crippen LogP contribution in [0, 0.1) is 5.82 Å². The molecule has 15 heavy (non-hydrogen) atoms. The molecule has 0 fully saturated rings. The predicted octanol–water partition coefficient (Wildman–Crippen LogP) is 1.76. The molecule has 0 saturated carbocycles. The minimum absolute atomic E-state index is 0.306. The van der Waals surface area contributed by atoms with Gasteiger partial charge in [-0.2, -0.15) is 0 Å². The Morgan fingerprint density at radius 1 is 1.40 bits per heavy atom. The summed E-state index contributed by atoms with van der Waals surface area (Å²) >= 11 is 0. The molecular formula is C11H11FN2O. The van der Waals surface area contributed by atoms with Crippen LogP contribution in [0.5, 0.6) is 0 Å². The Hall–Kier alpha value is -1.68. The number of benzene rings is 1. The van der Waals surface area contributed by atoms with E-state index in [-0.39, 0.29) is 5.82 Å². The minimum Gasteiger partial charge on any atom is -0.386 e. The van der Waals surface area contributed by atoms with Crippen LogP contribution in [-0.4, -0.2) is 14.7 Å². The quantitative estimate of drug-likeness (QED) is 0.830. The summed E-state index contributed by atoms with van der Waals surface area (Å²) in [6.07, 6.45) is 4.09. The average molecular weight is 206 g/mol. The molecule has 0 saturated heterocycles. The average Bonchev–Trinajstić information content (AvgIpc) is 2.71. The van der Waals surface area contributed by atoms with Gasteiger partial charge in [0.25, 0.3) is 0 Å². The molecule has 0 aliphatic carbocycles. The van der Waals surface area contributed by atoms with Crippen LogP contribution in [0.15, 0.2) is 43.0 Å². The molecule has 2 aromatic rings. The summed E-state index contributed by atoms with van der Waals surface area (Å²) in [7, 11) is 0. The molecule has 1 N–H and O–H groups in total. The van der Waals surface area contributed by atoms with Crippen LogP contribution >= 0.6 is 0 Å². The molecule has 1 aromatic carbocycles. The van der Waals surface area contributed by atoms with E-state index >= 15 is 0 Å². The monoisotopic (exact) mass is 206 g/mol. The zero-order valence-corrected chi connectivity index (χ0v) is 8.05. The number of nitrogens with zero attached hydrogens (tertiary/aromatic N) is 2. The number of aliphatic hydroxyl groups is 1. The zero-order valence-electron chi connectivity index (χ0n) is 8.05. The molecule has 0 spiro atoms. The standard InChI is InChI=1S/C11H11FN2O/c12-10-4-2-1-3-9(10)11(15)7-14-6-5-13-8-14/h1-6,8,11,15H,7H2/t11-/m0/s1. The lowest BCUT2D eigenvalue weighted by Gasteiger charge is -2.12. The van der Waals surface area contributed by atoms with Crippen molar-refractivity contribution in [2.24, 2.45) is 0 Å². The first-order valence-electron chi connectivity index (χ1n) is 4.65. The van der Waals surface area contributed by atoms with Gasteiger partial charge in [0.05, 0.1) is 19.0 Å². The van der Waals surface area contributed by atoms with Crippen LogP contribution in [0.2, 0.25) is 0 Å². The SMILES string of the molecule is O[C@@H](Cn1ccnc1)c1ccccc1F. The first-order valence-corrected chi connectivity index (χ1v) is 4.65. The Bertz CT molecular complexity index is 428. The van der Waals surface area contributed by atoms with Gasteiger partial charge in [-0.15, -0.1) is 0 Å². The Balaban J connectivity index is 2.15. The van der Waals surface area contributed by atoms with Crippen molar-refractivity contribution in [2.45, 2.75) is 12.6 Å².